The van der Waals surface area contributed by atoms with Crippen LogP contribution in [-0.4, -0.2) is 44.8 Å². The van der Waals surface area contributed by atoms with Gasteiger partial charge in [0.1, 0.15) is 0 Å². The second-order valence-corrected chi connectivity index (χ2v) is 9.52. The molecule has 0 aromatic rings. The van der Waals surface area contributed by atoms with Gasteiger partial charge in [0, 0.05) is 0 Å². The molecule has 0 bridgehead atoms. The van der Waals surface area contributed by atoms with E-state index in [1.807, 2.05) is 0 Å². The minimum absolute atomic E-state index is 0.192. The summed E-state index contributed by atoms with van der Waals surface area (Å²) in [6.45, 7) is 4.48. The second kappa shape index (κ2) is 5.17. The van der Waals surface area contributed by atoms with Crippen LogP contribution in [0.4, 0.5) is 0 Å². The van der Waals surface area contributed by atoms with E-state index in [1.54, 1.807) is 0 Å². The summed E-state index contributed by atoms with van der Waals surface area (Å²) in [4.78, 5) is 0. The first kappa shape index (κ1) is 16.3. The van der Waals surface area contributed by atoms with Gasteiger partial charge in [-0.05, 0) is 79.4 Å². The van der Waals surface area contributed by atoms with Gasteiger partial charge in [-0.2, -0.15) is 0 Å². The van der Waals surface area contributed by atoms with E-state index >= 15 is 0 Å². The van der Waals surface area contributed by atoms with Crippen LogP contribution >= 0.6 is 0 Å². The van der Waals surface area contributed by atoms with Crippen molar-refractivity contribution in [1.29, 1.82) is 0 Å². The van der Waals surface area contributed by atoms with Gasteiger partial charge in [-0.1, -0.05) is 13.8 Å². The van der Waals surface area contributed by atoms with Crippen LogP contribution in [0.1, 0.15) is 58.8 Å². The van der Waals surface area contributed by atoms with Gasteiger partial charge in [-0.3, -0.25) is 0 Å². The molecule has 0 aromatic heterocycles. The molecular formula is C19H32O4. The Kier molecular flexibility index (Phi) is 3.67. The zero-order valence-corrected chi connectivity index (χ0v) is 14.4. The molecule has 132 valence electrons. The van der Waals surface area contributed by atoms with Gasteiger partial charge in [-0.15, -0.1) is 0 Å². The monoisotopic (exact) mass is 324 g/mol. The summed E-state index contributed by atoms with van der Waals surface area (Å²) >= 11 is 0. The fourth-order valence-electron chi connectivity index (χ4n) is 7.19. The van der Waals surface area contributed by atoms with Crippen molar-refractivity contribution in [1.82, 2.24) is 0 Å². The number of hydrogen-bond donors (Lipinski definition) is 4. The first-order valence-corrected chi connectivity index (χ1v) is 9.49. The van der Waals surface area contributed by atoms with Gasteiger partial charge in [-0.25, -0.2) is 0 Å². The van der Waals surface area contributed by atoms with E-state index < -0.39 is 12.2 Å². The Hall–Kier alpha value is -0.160. The van der Waals surface area contributed by atoms with Crippen LogP contribution in [0.3, 0.4) is 0 Å². The standard InChI is InChI=1S/C19H32O4/c1-18-5-3-11(20)7-10(18)8-14(21)16-12(18)4-6-19(2)13(16)9-15(22)17(19)23/h10-17,20-23H,3-9H2,1-2H3/t10?,11-,12+,13+,14+,15-,16-,17+,18+,19+/m1/s1. The lowest BCUT2D eigenvalue weighted by Crippen LogP contribution is -2.58. The molecule has 4 fully saturated rings. The molecule has 23 heavy (non-hydrogen) atoms. The molecule has 1 unspecified atom stereocenters. The summed E-state index contributed by atoms with van der Waals surface area (Å²) in [6.07, 6.45) is 4.24. The average molecular weight is 324 g/mol. The number of aliphatic hydroxyl groups excluding tert-OH is 4. The fourth-order valence-corrected chi connectivity index (χ4v) is 7.19. The van der Waals surface area contributed by atoms with E-state index in [4.69, 9.17) is 0 Å². The topological polar surface area (TPSA) is 80.9 Å². The fraction of sp³-hybridized carbons (Fsp3) is 1.00. The highest BCUT2D eigenvalue weighted by Crippen LogP contribution is 2.66. The summed E-state index contributed by atoms with van der Waals surface area (Å²) in [5.41, 5.74) is -0.0537. The number of fused-ring (bicyclic) bond motifs is 5. The van der Waals surface area contributed by atoms with Gasteiger partial charge >= 0.3 is 0 Å². The molecule has 4 aliphatic carbocycles. The SMILES string of the molecule is C[C@]12CC[C@H]3[C@@H]([C@@H](O)CC4C[C@H](O)CC[C@@]43C)[C@@H]1C[C@@H](O)[C@@H]2O. The van der Waals surface area contributed by atoms with Crippen molar-refractivity contribution >= 4 is 0 Å². The minimum Gasteiger partial charge on any atom is -0.393 e. The normalized spacial score (nSPS) is 62.3. The van der Waals surface area contributed by atoms with Crippen molar-refractivity contribution in [2.45, 2.75) is 83.2 Å². The Bertz CT molecular complexity index is 482. The van der Waals surface area contributed by atoms with Gasteiger partial charge in [0.25, 0.3) is 0 Å². The lowest BCUT2D eigenvalue weighted by atomic mass is 9.44. The van der Waals surface area contributed by atoms with E-state index in [0.29, 0.717) is 18.3 Å². The molecule has 4 N–H and O–H groups in total. The maximum Gasteiger partial charge on any atom is 0.0855 e. The van der Waals surface area contributed by atoms with Crippen LogP contribution in [0.25, 0.3) is 0 Å². The van der Waals surface area contributed by atoms with Crippen molar-refractivity contribution in [3.05, 3.63) is 0 Å². The molecule has 0 radical (unpaired) electrons. The molecule has 0 aromatic carbocycles. The average Bonchev–Trinajstić information content (AvgIpc) is 2.73. The minimum atomic E-state index is -0.653. The van der Waals surface area contributed by atoms with E-state index in [9.17, 15) is 20.4 Å². The highest BCUT2D eigenvalue weighted by atomic mass is 16.3. The van der Waals surface area contributed by atoms with Gasteiger partial charge < -0.3 is 20.4 Å². The third kappa shape index (κ3) is 2.11. The molecule has 4 saturated carbocycles. The van der Waals surface area contributed by atoms with E-state index in [1.165, 1.54) is 0 Å². The molecule has 0 amide bonds. The summed E-state index contributed by atoms with van der Waals surface area (Å²) in [6, 6.07) is 0. The van der Waals surface area contributed by atoms with Crippen molar-refractivity contribution in [2.24, 2.45) is 34.5 Å². The van der Waals surface area contributed by atoms with Crippen LogP contribution in [0, 0.1) is 34.5 Å². The van der Waals surface area contributed by atoms with Crippen LogP contribution < -0.4 is 0 Å². The highest BCUT2D eigenvalue weighted by molar-refractivity contribution is 5.13. The summed E-state index contributed by atoms with van der Waals surface area (Å²) in [7, 11) is 0. The quantitative estimate of drug-likeness (QED) is 0.547. The molecule has 4 heteroatoms. The zero-order valence-electron chi connectivity index (χ0n) is 14.4. The highest BCUT2D eigenvalue weighted by Gasteiger charge is 2.64. The molecule has 0 aliphatic heterocycles. The zero-order chi connectivity index (χ0) is 16.6. The Morgan fingerprint density at radius 1 is 0.739 bits per heavy atom. The maximum absolute atomic E-state index is 10.9. The number of rotatable bonds is 0. The Morgan fingerprint density at radius 2 is 1.43 bits per heavy atom. The molecule has 4 aliphatic rings. The number of hydrogen-bond acceptors (Lipinski definition) is 4. The van der Waals surface area contributed by atoms with Gasteiger partial charge in [0.05, 0.1) is 24.4 Å². The smallest absolute Gasteiger partial charge is 0.0855 e. The van der Waals surface area contributed by atoms with Crippen molar-refractivity contribution in [3.8, 4) is 0 Å². The molecule has 0 heterocycles. The molecular weight excluding hydrogens is 292 g/mol. The molecule has 4 rings (SSSR count). The van der Waals surface area contributed by atoms with Crippen LogP contribution in [0.2, 0.25) is 0 Å². The Labute approximate surface area is 138 Å². The van der Waals surface area contributed by atoms with Crippen molar-refractivity contribution in [2.75, 3.05) is 0 Å². The van der Waals surface area contributed by atoms with Crippen LogP contribution in [-0.2, 0) is 0 Å². The third-order valence-electron chi connectivity index (χ3n) is 8.63. The second-order valence-electron chi connectivity index (χ2n) is 9.52. The summed E-state index contributed by atoms with van der Waals surface area (Å²) < 4.78 is 0. The van der Waals surface area contributed by atoms with Gasteiger partial charge in [0.2, 0.25) is 0 Å². The molecule has 0 spiro atoms. The largest absolute Gasteiger partial charge is 0.393 e. The lowest BCUT2D eigenvalue weighted by Gasteiger charge is -2.61. The predicted octanol–water partition coefficient (Wildman–Crippen LogP) is 1.69. The number of aliphatic hydroxyl groups is 4. The van der Waals surface area contributed by atoms with Crippen LogP contribution in [0.15, 0.2) is 0 Å². The summed E-state index contributed by atoms with van der Waals surface area (Å²) in [5, 5.41) is 41.7. The van der Waals surface area contributed by atoms with Crippen LogP contribution in [0.5, 0.6) is 0 Å². The van der Waals surface area contributed by atoms with Gasteiger partial charge in [0.15, 0.2) is 0 Å². The van der Waals surface area contributed by atoms with E-state index in [0.717, 1.165) is 38.5 Å². The lowest BCUT2D eigenvalue weighted by molar-refractivity contribution is -0.177. The van der Waals surface area contributed by atoms with Crippen molar-refractivity contribution in [3.63, 3.8) is 0 Å². The first-order chi connectivity index (χ1) is 10.8. The maximum atomic E-state index is 10.9. The Balaban J connectivity index is 1.68. The Morgan fingerprint density at radius 3 is 2.17 bits per heavy atom. The molecule has 4 nitrogen and oxygen atoms in total. The van der Waals surface area contributed by atoms with E-state index in [-0.39, 0.29) is 34.9 Å². The third-order valence-corrected chi connectivity index (χ3v) is 8.63. The molecule has 10 atom stereocenters. The van der Waals surface area contributed by atoms with Crippen molar-refractivity contribution < 1.29 is 20.4 Å². The first-order valence-electron chi connectivity index (χ1n) is 9.49. The predicted molar refractivity (Wildman–Crippen MR) is 86.5 cm³/mol. The van der Waals surface area contributed by atoms with E-state index in [2.05, 4.69) is 13.8 Å². The summed E-state index contributed by atoms with van der Waals surface area (Å²) in [5.74, 6) is 1.27. The molecule has 0 saturated heterocycles.